The Kier molecular flexibility index (Phi) is 3.35. The molecule has 0 aliphatic heterocycles. The first kappa shape index (κ1) is 14.2. The quantitative estimate of drug-likeness (QED) is 0.609. The molecule has 2 aromatic carbocycles. The minimum absolute atomic E-state index is 0.0665. The van der Waals surface area contributed by atoms with Crippen LogP contribution in [0.1, 0.15) is 0 Å². The van der Waals surface area contributed by atoms with Gasteiger partial charge in [0.05, 0.1) is 10.5 Å². The average molecular weight is 316 g/mol. The Labute approximate surface area is 126 Å². The van der Waals surface area contributed by atoms with E-state index < -0.39 is 10.0 Å². The fourth-order valence-electron chi connectivity index (χ4n) is 2.17. The van der Waals surface area contributed by atoms with Gasteiger partial charge in [-0.1, -0.05) is 24.3 Å². The minimum atomic E-state index is -3.94. The number of nitrogens with zero attached hydrogens (tertiary/aromatic N) is 3. The van der Waals surface area contributed by atoms with E-state index in [0.717, 1.165) is 5.56 Å². The minimum Gasteiger partial charge on any atom is -0.399 e. The molecule has 1 heterocycles. The molecular weight excluding hydrogens is 304 g/mol. The molecular formula is C13H12N6O2S. The molecule has 0 amide bonds. The highest BCUT2D eigenvalue weighted by atomic mass is 32.2. The zero-order valence-electron chi connectivity index (χ0n) is 11.3. The van der Waals surface area contributed by atoms with Crippen molar-refractivity contribution in [1.29, 1.82) is 0 Å². The maximum absolute atomic E-state index is 11.9. The summed E-state index contributed by atoms with van der Waals surface area (Å²) in [6.07, 6.45) is 0. The van der Waals surface area contributed by atoms with Gasteiger partial charge in [0, 0.05) is 5.69 Å². The summed E-state index contributed by atoms with van der Waals surface area (Å²) in [5.41, 5.74) is 7.96. The van der Waals surface area contributed by atoms with Crippen molar-refractivity contribution in [2.45, 2.75) is 4.90 Å². The van der Waals surface area contributed by atoms with Crippen molar-refractivity contribution < 1.29 is 8.42 Å². The number of hydrogen-bond acceptors (Lipinski definition) is 6. The van der Waals surface area contributed by atoms with Crippen molar-refractivity contribution in [3.63, 3.8) is 0 Å². The standard InChI is InChI=1S/C13H12N6O2S/c14-9-6-4-8(5-7-9)10-2-1-3-11(22(15,20)21)12(10)13-16-18-19-17-13/h1-7H,14H2,(H2,15,20,21)(H,16,17,18,19). The molecule has 3 rings (SSSR count). The molecule has 0 saturated carbocycles. The lowest BCUT2D eigenvalue weighted by Gasteiger charge is -2.11. The maximum atomic E-state index is 11.9. The van der Waals surface area contributed by atoms with Crippen molar-refractivity contribution in [2.24, 2.45) is 5.14 Å². The maximum Gasteiger partial charge on any atom is 0.238 e. The van der Waals surface area contributed by atoms with Gasteiger partial charge in [0.2, 0.25) is 15.8 Å². The number of rotatable bonds is 3. The van der Waals surface area contributed by atoms with E-state index in [4.69, 9.17) is 10.9 Å². The third-order valence-corrected chi connectivity index (χ3v) is 4.08. The van der Waals surface area contributed by atoms with Crippen LogP contribution < -0.4 is 10.9 Å². The van der Waals surface area contributed by atoms with Crippen LogP contribution in [0.15, 0.2) is 47.4 Å². The van der Waals surface area contributed by atoms with E-state index in [1.165, 1.54) is 6.07 Å². The second kappa shape index (κ2) is 5.20. The van der Waals surface area contributed by atoms with Crippen molar-refractivity contribution in [1.82, 2.24) is 20.6 Å². The Bertz CT molecular complexity index is 904. The molecule has 0 radical (unpaired) electrons. The first-order chi connectivity index (χ1) is 10.5. The number of benzene rings is 2. The zero-order chi connectivity index (χ0) is 15.7. The smallest absolute Gasteiger partial charge is 0.238 e. The van der Waals surface area contributed by atoms with Gasteiger partial charge in [-0.05, 0) is 34.5 Å². The molecule has 0 fully saturated rings. The van der Waals surface area contributed by atoms with Gasteiger partial charge in [-0.15, -0.1) is 10.2 Å². The summed E-state index contributed by atoms with van der Waals surface area (Å²) in [5.74, 6) is 0.149. The van der Waals surface area contributed by atoms with Crippen LogP contribution in [-0.2, 0) is 10.0 Å². The highest BCUT2D eigenvalue weighted by molar-refractivity contribution is 7.89. The summed E-state index contributed by atoms with van der Waals surface area (Å²) < 4.78 is 23.7. The first-order valence-electron chi connectivity index (χ1n) is 6.22. The number of sulfonamides is 1. The molecule has 0 aliphatic rings. The van der Waals surface area contributed by atoms with E-state index in [1.807, 2.05) is 0 Å². The molecule has 0 spiro atoms. The normalized spacial score (nSPS) is 11.5. The topological polar surface area (TPSA) is 141 Å². The van der Waals surface area contributed by atoms with E-state index >= 15 is 0 Å². The van der Waals surface area contributed by atoms with Crippen LogP contribution >= 0.6 is 0 Å². The molecule has 0 unspecified atom stereocenters. The van der Waals surface area contributed by atoms with Gasteiger partial charge >= 0.3 is 0 Å². The number of anilines is 1. The highest BCUT2D eigenvalue weighted by Gasteiger charge is 2.22. The van der Waals surface area contributed by atoms with E-state index in [-0.39, 0.29) is 10.7 Å². The van der Waals surface area contributed by atoms with Crippen molar-refractivity contribution >= 4 is 15.7 Å². The number of aromatic nitrogens is 4. The number of nitrogen functional groups attached to an aromatic ring is 1. The number of tetrazole rings is 1. The molecule has 8 nitrogen and oxygen atoms in total. The van der Waals surface area contributed by atoms with Gasteiger partial charge in [0.15, 0.2) is 0 Å². The average Bonchev–Trinajstić information content (AvgIpc) is 3.00. The third kappa shape index (κ3) is 2.54. The molecule has 0 aliphatic carbocycles. The lowest BCUT2D eigenvalue weighted by atomic mass is 9.99. The Morgan fingerprint density at radius 2 is 1.77 bits per heavy atom. The number of nitrogens with two attached hydrogens (primary N) is 2. The Balaban J connectivity index is 2.34. The molecule has 5 N–H and O–H groups in total. The summed E-state index contributed by atoms with van der Waals surface area (Å²) in [7, 11) is -3.94. The van der Waals surface area contributed by atoms with Crippen molar-refractivity contribution in [3.8, 4) is 22.5 Å². The van der Waals surface area contributed by atoms with Gasteiger partial charge in [-0.25, -0.2) is 13.6 Å². The lowest BCUT2D eigenvalue weighted by Crippen LogP contribution is -2.14. The van der Waals surface area contributed by atoms with Crippen LogP contribution in [0.5, 0.6) is 0 Å². The van der Waals surface area contributed by atoms with E-state index in [2.05, 4.69) is 20.6 Å². The Morgan fingerprint density at radius 1 is 1.05 bits per heavy atom. The van der Waals surface area contributed by atoms with E-state index in [9.17, 15) is 8.42 Å². The van der Waals surface area contributed by atoms with Crippen molar-refractivity contribution in [3.05, 3.63) is 42.5 Å². The second-order valence-corrected chi connectivity index (χ2v) is 6.11. The molecule has 0 atom stereocenters. The summed E-state index contributed by atoms with van der Waals surface area (Å²) in [6, 6.07) is 11.8. The monoisotopic (exact) mass is 316 g/mol. The molecule has 3 aromatic rings. The number of aromatic amines is 1. The second-order valence-electron chi connectivity index (χ2n) is 4.58. The van der Waals surface area contributed by atoms with Crippen LogP contribution in [-0.4, -0.2) is 29.0 Å². The largest absolute Gasteiger partial charge is 0.399 e. The predicted octanol–water partition coefficient (Wildman–Crippen LogP) is 0.763. The number of hydrogen-bond donors (Lipinski definition) is 3. The van der Waals surface area contributed by atoms with Crippen LogP contribution in [0.2, 0.25) is 0 Å². The van der Waals surface area contributed by atoms with Gasteiger partial charge in [0.25, 0.3) is 0 Å². The zero-order valence-corrected chi connectivity index (χ0v) is 12.1. The summed E-state index contributed by atoms with van der Waals surface area (Å²) in [5, 5.41) is 18.8. The SMILES string of the molecule is Nc1ccc(-c2cccc(S(N)(=O)=O)c2-c2nn[nH]n2)cc1. The van der Waals surface area contributed by atoms with Gasteiger partial charge in [-0.3, -0.25) is 0 Å². The fraction of sp³-hybridized carbons (Fsp3) is 0. The number of primary sulfonamides is 1. The van der Waals surface area contributed by atoms with Crippen LogP contribution in [0, 0.1) is 0 Å². The number of nitrogens with one attached hydrogen (secondary N) is 1. The van der Waals surface area contributed by atoms with Gasteiger partial charge in [-0.2, -0.15) is 5.21 Å². The molecule has 0 saturated heterocycles. The lowest BCUT2D eigenvalue weighted by molar-refractivity contribution is 0.598. The summed E-state index contributed by atoms with van der Waals surface area (Å²) in [6.45, 7) is 0. The van der Waals surface area contributed by atoms with Crippen LogP contribution in [0.3, 0.4) is 0 Å². The molecule has 112 valence electrons. The van der Waals surface area contributed by atoms with E-state index in [1.54, 1.807) is 36.4 Å². The Hall–Kier alpha value is -2.78. The Morgan fingerprint density at radius 3 is 2.36 bits per heavy atom. The first-order valence-corrected chi connectivity index (χ1v) is 7.77. The van der Waals surface area contributed by atoms with Crippen LogP contribution in [0.25, 0.3) is 22.5 Å². The van der Waals surface area contributed by atoms with Crippen LogP contribution in [0.4, 0.5) is 5.69 Å². The summed E-state index contributed by atoms with van der Waals surface area (Å²) in [4.78, 5) is -0.0665. The van der Waals surface area contributed by atoms with E-state index in [0.29, 0.717) is 16.8 Å². The fourth-order valence-corrected chi connectivity index (χ4v) is 2.92. The molecule has 22 heavy (non-hydrogen) atoms. The summed E-state index contributed by atoms with van der Waals surface area (Å²) >= 11 is 0. The van der Waals surface area contributed by atoms with Gasteiger partial charge in [0.1, 0.15) is 0 Å². The molecule has 0 bridgehead atoms. The predicted molar refractivity (Wildman–Crippen MR) is 80.8 cm³/mol. The van der Waals surface area contributed by atoms with Crippen molar-refractivity contribution in [2.75, 3.05) is 5.73 Å². The molecule has 1 aromatic heterocycles. The third-order valence-electron chi connectivity index (χ3n) is 3.12. The van der Waals surface area contributed by atoms with Gasteiger partial charge < -0.3 is 5.73 Å². The number of H-pyrrole nitrogens is 1. The highest BCUT2D eigenvalue weighted by Crippen LogP contribution is 2.34. The molecule has 9 heteroatoms.